The second-order valence-corrected chi connectivity index (χ2v) is 6.95. The van der Waals surface area contributed by atoms with Crippen LogP contribution in [0.1, 0.15) is 44.9 Å². The van der Waals surface area contributed by atoms with Crippen LogP contribution in [0.4, 0.5) is 5.82 Å². The SMILES string of the molecule is O=C(NC1CCCCC1)C1CCCN(c2ccc3nncn3n2)C1. The molecule has 128 valence electrons. The largest absolute Gasteiger partial charge is 0.354 e. The van der Waals surface area contributed by atoms with Crippen LogP contribution in [0, 0.1) is 5.92 Å². The van der Waals surface area contributed by atoms with Gasteiger partial charge in [-0.3, -0.25) is 4.79 Å². The highest BCUT2D eigenvalue weighted by molar-refractivity contribution is 5.79. The van der Waals surface area contributed by atoms with E-state index in [9.17, 15) is 4.79 Å². The van der Waals surface area contributed by atoms with Gasteiger partial charge < -0.3 is 10.2 Å². The summed E-state index contributed by atoms with van der Waals surface area (Å²) in [5, 5.41) is 15.7. The quantitative estimate of drug-likeness (QED) is 0.930. The third-order valence-corrected chi connectivity index (χ3v) is 5.22. The number of nitrogens with one attached hydrogen (secondary N) is 1. The summed E-state index contributed by atoms with van der Waals surface area (Å²) in [5.74, 6) is 1.16. The molecule has 1 saturated heterocycles. The van der Waals surface area contributed by atoms with Crippen molar-refractivity contribution in [3.8, 4) is 0 Å². The summed E-state index contributed by atoms with van der Waals surface area (Å²) in [6, 6.07) is 4.26. The van der Waals surface area contributed by atoms with Crippen LogP contribution in [0.2, 0.25) is 0 Å². The van der Waals surface area contributed by atoms with Crippen LogP contribution in [-0.4, -0.2) is 44.8 Å². The van der Waals surface area contributed by atoms with Crippen LogP contribution in [0.3, 0.4) is 0 Å². The van der Waals surface area contributed by atoms with Gasteiger partial charge in [0.15, 0.2) is 5.65 Å². The first-order valence-corrected chi connectivity index (χ1v) is 9.02. The average molecular weight is 328 g/mol. The zero-order chi connectivity index (χ0) is 16.4. The monoisotopic (exact) mass is 328 g/mol. The van der Waals surface area contributed by atoms with Crippen molar-refractivity contribution in [2.75, 3.05) is 18.0 Å². The fourth-order valence-corrected chi connectivity index (χ4v) is 3.85. The molecule has 0 bridgehead atoms. The number of carbonyl (C=O) groups is 1. The highest BCUT2D eigenvalue weighted by Gasteiger charge is 2.28. The van der Waals surface area contributed by atoms with E-state index in [0.717, 1.165) is 50.2 Å². The predicted molar refractivity (Wildman–Crippen MR) is 90.7 cm³/mol. The summed E-state index contributed by atoms with van der Waals surface area (Å²) < 4.78 is 1.68. The first-order valence-electron chi connectivity index (χ1n) is 9.02. The summed E-state index contributed by atoms with van der Waals surface area (Å²) in [6.07, 6.45) is 9.64. The molecule has 2 aromatic heterocycles. The van der Waals surface area contributed by atoms with Gasteiger partial charge in [-0.05, 0) is 37.8 Å². The van der Waals surface area contributed by atoms with Gasteiger partial charge in [0.05, 0.1) is 5.92 Å². The van der Waals surface area contributed by atoms with Crippen molar-refractivity contribution in [2.24, 2.45) is 5.92 Å². The van der Waals surface area contributed by atoms with Gasteiger partial charge in [-0.25, -0.2) is 0 Å². The number of hydrogen-bond donors (Lipinski definition) is 1. The topological polar surface area (TPSA) is 75.4 Å². The average Bonchev–Trinajstić information content (AvgIpc) is 3.10. The van der Waals surface area contributed by atoms with E-state index in [0.29, 0.717) is 6.04 Å². The second kappa shape index (κ2) is 6.75. The summed E-state index contributed by atoms with van der Waals surface area (Å²) in [4.78, 5) is 14.8. The molecule has 0 radical (unpaired) electrons. The molecule has 1 aliphatic heterocycles. The van der Waals surface area contributed by atoms with Crippen LogP contribution in [0.25, 0.3) is 5.65 Å². The van der Waals surface area contributed by atoms with Crippen LogP contribution in [0.15, 0.2) is 18.5 Å². The number of anilines is 1. The number of piperidine rings is 1. The van der Waals surface area contributed by atoms with Crippen molar-refractivity contribution in [1.29, 1.82) is 0 Å². The van der Waals surface area contributed by atoms with Crippen LogP contribution in [-0.2, 0) is 4.79 Å². The first kappa shape index (κ1) is 15.4. The zero-order valence-electron chi connectivity index (χ0n) is 13.9. The Hall–Kier alpha value is -2.18. The van der Waals surface area contributed by atoms with E-state index in [4.69, 9.17) is 0 Å². The van der Waals surface area contributed by atoms with Crippen LogP contribution >= 0.6 is 0 Å². The van der Waals surface area contributed by atoms with Gasteiger partial charge in [0.2, 0.25) is 5.91 Å². The number of amides is 1. The lowest BCUT2D eigenvalue weighted by Gasteiger charge is -2.34. The molecule has 2 aromatic rings. The van der Waals surface area contributed by atoms with E-state index in [2.05, 4.69) is 25.5 Å². The van der Waals surface area contributed by atoms with Crippen LogP contribution in [0.5, 0.6) is 0 Å². The number of fused-ring (bicyclic) bond motifs is 1. The summed E-state index contributed by atoms with van der Waals surface area (Å²) in [6.45, 7) is 1.67. The molecular weight excluding hydrogens is 304 g/mol. The van der Waals surface area contributed by atoms with E-state index < -0.39 is 0 Å². The maximum atomic E-state index is 12.6. The Morgan fingerprint density at radius 2 is 2.00 bits per heavy atom. The van der Waals surface area contributed by atoms with E-state index in [-0.39, 0.29) is 11.8 Å². The number of rotatable bonds is 3. The smallest absolute Gasteiger partial charge is 0.225 e. The van der Waals surface area contributed by atoms with Gasteiger partial charge in [0, 0.05) is 19.1 Å². The number of aromatic nitrogens is 4. The third-order valence-electron chi connectivity index (χ3n) is 5.22. The lowest BCUT2D eigenvalue weighted by atomic mass is 9.93. The highest BCUT2D eigenvalue weighted by atomic mass is 16.2. The van der Waals surface area contributed by atoms with E-state index in [1.165, 1.54) is 19.3 Å². The van der Waals surface area contributed by atoms with Crippen LogP contribution < -0.4 is 10.2 Å². The fourth-order valence-electron chi connectivity index (χ4n) is 3.85. The third kappa shape index (κ3) is 3.20. The minimum atomic E-state index is 0.0547. The van der Waals surface area contributed by atoms with Gasteiger partial charge in [-0.1, -0.05) is 19.3 Å². The maximum absolute atomic E-state index is 12.6. The van der Waals surface area contributed by atoms with Crippen molar-refractivity contribution in [3.05, 3.63) is 18.5 Å². The Labute approximate surface area is 141 Å². The van der Waals surface area contributed by atoms with Gasteiger partial charge in [-0.2, -0.15) is 4.52 Å². The van der Waals surface area contributed by atoms with Gasteiger partial charge in [0.25, 0.3) is 0 Å². The fraction of sp³-hybridized carbons (Fsp3) is 0.647. The Kier molecular flexibility index (Phi) is 4.32. The van der Waals surface area contributed by atoms with Gasteiger partial charge >= 0.3 is 0 Å². The lowest BCUT2D eigenvalue weighted by molar-refractivity contribution is -0.126. The normalized spacial score (nSPS) is 22.7. The Bertz CT molecular complexity index is 708. The molecule has 2 fully saturated rings. The molecule has 24 heavy (non-hydrogen) atoms. The number of carbonyl (C=O) groups excluding carboxylic acids is 1. The minimum absolute atomic E-state index is 0.0547. The molecule has 7 heteroatoms. The van der Waals surface area contributed by atoms with E-state index in [1.807, 2.05) is 12.1 Å². The molecule has 1 amide bonds. The van der Waals surface area contributed by atoms with Crippen molar-refractivity contribution in [1.82, 2.24) is 25.1 Å². The Morgan fingerprint density at radius 3 is 2.88 bits per heavy atom. The molecule has 0 aromatic carbocycles. The van der Waals surface area contributed by atoms with Crippen molar-refractivity contribution in [2.45, 2.75) is 51.0 Å². The number of hydrogen-bond acceptors (Lipinski definition) is 5. The van der Waals surface area contributed by atoms with E-state index in [1.54, 1.807) is 10.8 Å². The predicted octanol–water partition coefficient (Wildman–Crippen LogP) is 1.79. The molecule has 0 spiro atoms. The van der Waals surface area contributed by atoms with E-state index >= 15 is 0 Å². The minimum Gasteiger partial charge on any atom is -0.354 e. The maximum Gasteiger partial charge on any atom is 0.225 e. The van der Waals surface area contributed by atoms with Crippen molar-refractivity contribution < 1.29 is 4.79 Å². The van der Waals surface area contributed by atoms with Crippen molar-refractivity contribution >= 4 is 17.4 Å². The lowest BCUT2D eigenvalue weighted by Crippen LogP contribution is -2.46. The zero-order valence-corrected chi connectivity index (χ0v) is 13.9. The van der Waals surface area contributed by atoms with Gasteiger partial charge in [0.1, 0.15) is 12.1 Å². The summed E-state index contributed by atoms with van der Waals surface area (Å²) >= 11 is 0. The molecule has 1 saturated carbocycles. The summed E-state index contributed by atoms with van der Waals surface area (Å²) in [7, 11) is 0. The molecule has 1 atom stereocenters. The second-order valence-electron chi connectivity index (χ2n) is 6.95. The first-order chi connectivity index (χ1) is 11.8. The molecule has 2 aliphatic rings. The van der Waals surface area contributed by atoms with Crippen molar-refractivity contribution in [3.63, 3.8) is 0 Å². The van der Waals surface area contributed by atoms with Gasteiger partial charge in [-0.15, -0.1) is 15.3 Å². The molecule has 1 unspecified atom stereocenters. The molecular formula is C17H24N6O. The molecule has 1 N–H and O–H groups in total. The summed E-state index contributed by atoms with van der Waals surface area (Å²) in [5.41, 5.74) is 0.738. The highest BCUT2D eigenvalue weighted by Crippen LogP contribution is 2.23. The Morgan fingerprint density at radius 1 is 1.12 bits per heavy atom. The molecule has 7 nitrogen and oxygen atoms in total. The Balaban J connectivity index is 1.41. The molecule has 1 aliphatic carbocycles. The standard InChI is InChI=1S/C17H24N6O/c24-17(19-14-6-2-1-3-7-14)13-5-4-10-22(11-13)16-9-8-15-20-18-12-23(15)21-16/h8-9,12-14H,1-7,10-11H2,(H,19,24). The number of nitrogens with zero attached hydrogens (tertiary/aromatic N) is 5. The molecule has 4 rings (SSSR count). The molecule has 3 heterocycles.